The summed E-state index contributed by atoms with van der Waals surface area (Å²) in [5.74, 6) is -0.0484. The van der Waals surface area contributed by atoms with Crippen molar-refractivity contribution < 1.29 is 32.5 Å². The highest BCUT2D eigenvalue weighted by molar-refractivity contribution is 7.15. The SMILES string of the molecule is CC(C)(Oc1ccc(OCCc2ccc(-c3nccc(C(F)(F)F)n3)s2)cc1)C(=O)O. The Hall–Kier alpha value is -3.14. The minimum Gasteiger partial charge on any atom is -0.493 e. The number of aromatic nitrogens is 2. The Bertz CT molecular complexity index is 1050. The summed E-state index contributed by atoms with van der Waals surface area (Å²) < 4.78 is 49.6. The zero-order valence-electron chi connectivity index (χ0n) is 16.6. The third-order valence-electron chi connectivity index (χ3n) is 4.16. The van der Waals surface area contributed by atoms with E-state index in [0.717, 1.165) is 17.1 Å². The van der Waals surface area contributed by atoms with Crippen LogP contribution in [0.2, 0.25) is 0 Å². The average molecular weight is 452 g/mol. The summed E-state index contributed by atoms with van der Waals surface area (Å²) in [5, 5.41) is 9.10. The average Bonchev–Trinajstić information content (AvgIpc) is 3.17. The number of rotatable bonds is 8. The molecule has 0 fully saturated rings. The maximum absolute atomic E-state index is 12.8. The first-order valence-electron chi connectivity index (χ1n) is 9.19. The van der Waals surface area contributed by atoms with E-state index in [4.69, 9.17) is 14.6 Å². The fraction of sp³-hybridized carbons (Fsp3) is 0.286. The fourth-order valence-corrected chi connectivity index (χ4v) is 3.41. The van der Waals surface area contributed by atoms with Crippen molar-refractivity contribution in [2.75, 3.05) is 6.61 Å². The lowest BCUT2D eigenvalue weighted by atomic mass is 10.1. The smallest absolute Gasteiger partial charge is 0.433 e. The van der Waals surface area contributed by atoms with Crippen molar-refractivity contribution in [2.24, 2.45) is 0 Å². The number of alkyl halides is 3. The molecule has 1 N–H and O–H groups in total. The van der Waals surface area contributed by atoms with Crippen molar-refractivity contribution in [1.82, 2.24) is 9.97 Å². The highest BCUT2D eigenvalue weighted by Gasteiger charge is 2.33. The first-order chi connectivity index (χ1) is 14.5. The van der Waals surface area contributed by atoms with Crippen LogP contribution in [0.1, 0.15) is 24.4 Å². The number of hydrogen-bond donors (Lipinski definition) is 1. The Balaban J connectivity index is 1.55. The van der Waals surface area contributed by atoms with Gasteiger partial charge in [0.25, 0.3) is 0 Å². The molecule has 6 nitrogen and oxygen atoms in total. The zero-order chi connectivity index (χ0) is 22.6. The Kier molecular flexibility index (Phi) is 6.49. The molecule has 0 saturated heterocycles. The number of carboxylic acids is 1. The van der Waals surface area contributed by atoms with Gasteiger partial charge in [0.05, 0.1) is 11.5 Å². The highest BCUT2D eigenvalue weighted by atomic mass is 32.1. The van der Waals surface area contributed by atoms with Crippen molar-refractivity contribution >= 4 is 17.3 Å². The van der Waals surface area contributed by atoms with E-state index in [1.807, 2.05) is 0 Å². The van der Waals surface area contributed by atoms with E-state index < -0.39 is 23.4 Å². The molecule has 0 saturated carbocycles. The largest absolute Gasteiger partial charge is 0.493 e. The molecule has 164 valence electrons. The van der Waals surface area contributed by atoms with Gasteiger partial charge in [0.15, 0.2) is 11.4 Å². The number of carboxylic acid groups (broad SMARTS) is 1. The molecule has 0 bridgehead atoms. The Morgan fingerprint density at radius 3 is 2.39 bits per heavy atom. The van der Waals surface area contributed by atoms with Crippen LogP contribution in [0.4, 0.5) is 13.2 Å². The first kappa shape index (κ1) is 22.5. The van der Waals surface area contributed by atoms with Gasteiger partial charge in [0.2, 0.25) is 0 Å². The monoisotopic (exact) mass is 452 g/mol. The lowest BCUT2D eigenvalue weighted by Gasteiger charge is -2.21. The first-order valence-corrected chi connectivity index (χ1v) is 10.0. The van der Waals surface area contributed by atoms with Gasteiger partial charge in [-0.2, -0.15) is 13.2 Å². The van der Waals surface area contributed by atoms with Gasteiger partial charge in [-0.25, -0.2) is 14.8 Å². The summed E-state index contributed by atoms with van der Waals surface area (Å²) in [6.07, 6.45) is -2.87. The lowest BCUT2D eigenvalue weighted by Crippen LogP contribution is -2.37. The molecular formula is C21H19F3N2O4S. The van der Waals surface area contributed by atoms with E-state index >= 15 is 0 Å². The Morgan fingerprint density at radius 1 is 1.06 bits per heavy atom. The van der Waals surface area contributed by atoms with Crippen LogP contribution in [-0.4, -0.2) is 33.3 Å². The van der Waals surface area contributed by atoms with Crippen molar-refractivity contribution in [1.29, 1.82) is 0 Å². The molecule has 0 unspecified atom stereocenters. The van der Waals surface area contributed by atoms with Gasteiger partial charge < -0.3 is 14.6 Å². The van der Waals surface area contributed by atoms with Crippen LogP contribution in [0.3, 0.4) is 0 Å². The van der Waals surface area contributed by atoms with E-state index in [9.17, 15) is 18.0 Å². The number of carbonyl (C=O) groups is 1. The molecule has 1 aromatic carbocycles. The molecule has 0 atom stereocenters. The molecular weight excluding hydrogens is 433 g/mol. The normalized spacial score (nSPS) is 11.9. The number of aliphatic carboxylic acids is 1. The summed E-state index contributed by atoms with van der Waals surface area (Å²) in [6.45, 7) is 3.27. The summed E-state index contributed by atoms with van der Waals surface area (Å²) in [6, 6.07) is 10.9. The van der Waals surface area contributed by atoms with Crippen LogP contribution in [-0.2, 0) is 17.4 Å². The Morgan fingerprint density at radius 2 is 1.74 bits per heavy atom. The maximum atomic E-state index is 12.8. The van der Waals surface area contributed by atoms with Crippen molar-refractivity contribution in [3.05, 3.63) is 59.2 Å². The van der Waals surface area contributed by atoms with Gasteiger partial charge >= 0.3 is 12.1 Å². The molecule has 2 heterocycles. The van der Waals surface area contributed by atoms with Crippen LogP contribution in [0.5, 0.6) is 11.5 Å². The van der Waals surface area contributed by atoms with E-state index in [1.165, 1.54) is 25.2 Å². The van der Waals surface area contributed by atoms with E-state index in [-0.39, 0.29) is 5.82 Å². The van der Waals surface area contributed by atoms with Crippen molar-refractivity contribution in [3.8, 4) is 22.2 Å². The van der Waals surface area contributed by atoms with Gasteiger partial charge in [-0.3, -0.25) is 0 Å². The molecule has 0 aliphatic rings. The second-order valence-corrected chi connectivity index (χ2v) is 8.18. The second-order valence-electron chi connectivity index (χ2n) is 7.02. The number of ether oxygens (including phenoxy) is 2. The lowest BCUT2D eigenvalue weighted by molar-refractivity contribution is -0.152. The third-order valence-corrected chi connectivity index (χ3v) is 5.30. The minimum atomic E-state index is -4.52. The van der Waals surface area contributed by atoms with E-state index in [1.54, 1.807) is 36.4 Å². The number of hydrogen-bond acceptors (Lipinski definition) is 6. The van der Waals surface area contributed by atoms with Gasteiger partial charge in [0, 0.05) is 17.5 Å². The highest BCUT2D eigenvalue weighted by Crippen LogP contribution is 2.31. The van der Waals surface area contributed by atoms with E-state index in [0.29, 0.717) is 29.4 Å². The summed E-state index contributed by atoms with van der Waals surface area (Å²) in [7, 11) is 0. The minimum absolute atomic E-state index is 0.0341. The molecule has 0 aliphatic heterocycles. The summed E-state index contributed by atoms with van der Waals surface area (Å²) >= 11 is 1.30. The number of nitrogens with zero attached hydrogens (tertiary/aromatic N) is 2. The van der Waals surface area contributed by atoms with Crippen LogP contribution in [0.25, 0.3) is 10.7 Å². The topological polar surface area (TPSA) is 81.5 Å². The third kappa shape index (κ3) is 5.94. The van der Waals surface area contributed by atoms with Crippen LogP contribution in [0.15, 0.2) is 48.7 Å². The Labute approximate surface area is 180 Å². The molecule has 2 aromatic heterocycles. The summed E-state index contributed by atoms with van der Waals surface area (Å²) in [4.78, 5) is 20.1. The second kappa shape index (κ2) is 8.93. The molecule has 3 aromatic rings. The number of benzene rings is 1. The van der Waals surface area contributed by atoms with Gasteiger partial charge in [-0.05, 0) is 56.3 Å². The van der Waals surface area contributed by atoms with Crippen LogP contribution < -0.4 is 9.47 Å². The maximum Gasteiger partial charge on any atom is 0.433 e. The quantitative estimate of drug-likeness (QED) is 0.513. The number of thiophene rings is 1. The van der Waals surface area contributed by atoms with E-state index in [2.05, 4.69) is 9.97 Å². The molecule has 0 spiro atoms. The summed E-state index contributed by atoms with van der Waals surface area (Å²) in [5.41, 5.74) is -2.32. The van der Waals surface area contributed by atoms with Crippen LogP contribution >= 0.6 is 11.3 Å². The predicted molar refractivity (Wildman–Crippen MR) is 108 cm³/mol. The molecule has 0 amide bonds. The standard InChI is InChI=1S/C21H19F3N2O4S/c1-20(2,19(27)28)30-14-5-3-13(4-6-14)29-12-10-15-7-8-16(31-15)18-25-11-9-17(26-18)21(22,23)24/h3-9,11H,10,12H2,1-2H3,(H,27,28). The number of halogens is 3. The predicted octanol–water partition coefficient (Wildman–Crippen LogP) is 5.09. The molecule has 10 heteroatoms. The zero-order valence-corrected chi connectivity index (χ0v) is 17.5. The van der Waals surface area contributed by atoms with Gasteiger partial charge in [-0.15, -0.1) is 11.3 Å². The molecule has 0 aliphatic carbocycles. The van der Waals surface area contributed by atoms with Gasteiger partial charge in [0.1, 0.15) is 17.2 Å². The molecule has 31 heavy (non-hydrogen) atoms. The fourth-order valence-electron chi connectivity index (χ4n) is 2.48. The van der Waals surface area contributed by atoms with Crippen LogP contribution in [0, 0.1) is 0 Å². The van der Waals surface area contributed by atoms with Gasteiger partial charge in [-0.1, -0.05) is 0 Å². The molecule has 0 radical (unpaired) electrons. The van der Waals surface area contributed by atoms with Crippen molar-refractivity contribution in [2.45, 2.75) is 32.0 Å². The van der Waals surface area contributed by atoms with Crippen molar-refractivity contribution in [3.63, 3.8) is 0 Å². The molecule has 3 rings (SSSR count).